The highest BCUT2D eigenvalue weighted by Gasteiger charge is 2.63. The zero-order chi connectivity index (χ0) is 40.9. The molecule has 11 atom stereocenters. The molecule has 0 saturated heterocycles. The van der Waals surface area contributed by atoms with E-state index in [-0.39, 0.29) is 11.5 Å². The van der Waals surface area contributed by atoms with Crippen molar-refractivity contribution < 1.29 is 4.74 Å². The molecule has 11 unspecified atom stereocenters. The van der Waals surface area contributed by atoms with Crippen molar-refractivity contribution in [3.63, 3.8) is 0 Å². The summed E-state index contributed by atoms with van der Waals surface area (Å²) >= 11 is 0. The van der Waals surface area contributed by atoms with Crippen molar-refractivity contribution in [2.75, 3.05) is 0 Å². The SMILES string of the molecule is CC1CCCC2C1C1=CCC(C3CC=C(N(C4=CC=C5C=CC=CC5C4)C4CCCC5c6cccc(-c7ccccc7)c6OC54)CC3)C=C1C21C2=C=CC=CC2c2ccccc21. The molecule has 310 valence electrons. The highest BCUT2D eigenvalue weighted by atomic mass is 16.5. The maximum atomic E-state index is 7.33. The predicted molar refractivity (Wildman–Crippen MR) is 252 cm³/mol. The quantitative estimate of drug-likeness (QED) is 0.238. The van der Waals surface area contributed by atoms with Gasteiger partial charge in [0, 0.05) is 40.3 Å². The Morgan fingerprint density at radius 2 is 1.66 bits per heavy atom. The van der Waals surface area contributed by atoms with Crippen LogP contribution in [0, 0.1) is 35.5 Å². The Balaban J connectivity index is 0.854. The van der Waals surface area contributed by atoms with Gasteiger partial charge in [-0.1, -0.05) is 160 Å². The van der Waals surface area contributed by atoms with Gasteiger partial charge in [0.15, 0.2) is 0 Å². The molecule has 13 rings (SSSR count). The van der Waals surface area contributed by atoms with E-state index in [0.717, 1.165) is 37.4 Å². The van der Waals surface area contributed by atoms with Crippen molar-refractivity contribution in [3.05, 3.63) is 202 Å². The molecule has 2 heteroatoms. The van der Waals surface area contributed by atoms with Gasteiger partial charge in [0.25, 0.3) is 0 Å². The third-order valence-electron chi connectivity index (χ3n) is 17.6. The topological polar surface area (TPSA) is 12.5 Å². The highest BCUT2D eigenvalue weighted by molar-refractivity contribution is 5.74. The molecule has 0 N–H and O–H groups in total. The van der Waals surface area contributed by atoms with Gasteiger partial charge in [0.05, 0.1) is 11.5 Å². The fourth-order valence-corrected chi connectivity index (χ4v) is 15.0. The second-order valence-corrected chi connectivity index (χ2v) is 20.4. The second kappa shape index (κ2) is 14.6. The number of para-hydroxylation sites is 1. The minimum Gasteiger partial charge on any atom is -0.487 e. The zero-order valence-corrected chi connectivity index (χ0v) is 36.3. The average molecular weight is 810 g/mol. The monoisotopic (exact) mass is 809 g/mol. The van der Waals surface area contributed by atoms with Gasteiger partial charge in [-0.05, 0) is 132 Å². The molecule has 10 aliphatic rings. The summed E-state index contributed by atoms with van der Waals surface area (Å²) in [4.78, 5) is 2.85. The lowest BCUT2D eigenvalue weighted by molar-refractivity contribution is 0.0674. The molecular weight excluding hydrogens is 751 g/mol. The number of nitrogens with zero attached hydrogens (tertiary/aromatic N) is 1. The summed E-state index contributed by atoms with van der Waals surface area (Å²) in [5.41, 5.74) is 20.3. The summed E-state index contributed by atoms with van der Waals surface area (Å²) in [6, 6.07) is 27.6. The minimum atomic E-state index is -0.0435. The van der Waals surface area contributed by atoms with Crippen molar-refractivity contribution in [2.24, 2.45) is 35.5 Å². The molecular formula is C60H59NO. The summed E-state index contributed by atoms with van der Waals surface area (Å²) in [5.74, 6) is 5.54. The highest BCUT2D eigenvalue weighted by Crippen LogP contribution is 2.70. The van der Waals surface area contributed by atoms with Crippen LogP contribution in [0.15, 0.2) is 185 Å². The first-order valence-electron chi connectivity index (χ1n) is 24.4. The number of rotatable bonds is 5. The van der Waals surface area contributed by atoms with E-state index < -0.39 is 0 Å². The van der Waals surface area contributed by atoms with Gasteiger partial charge >= 0.3 is 0 Å². The molecule has 1 spiro atoms. The van der Waals surface area contributed by atoms with Gasteiger partial charge in [-0.3, -0.25) is 0 Å². The fraction of sp³-hybridized carbons (Fsp3) is 0.383. The third-order valence-corrected chi connectivity index (χ3v) is 17.6. The normalized spacial score (nSPS) is 35.4. The molecule has 3 saturated carbocycles. The third kappa shape index (κ3) is 5.48. The van der Waals surface area contributed by atoms with E-state index in [1.165, 1.54) is 78.5 Å². The molecule has 62 heavy (non-hydrogen) atoms. The Kier molecular flexibility index (Phi) is 8.80. The number of ether oxygens (including phenoxy) is 1. The molecule has 0 bridgehead atoms. The maximum absolute atomic E-state index is 7.33. The fourth-order valence-electron chi connectivity index (χ4n) is 15.0. The molecule has 3 aromatic carbocycles. The predicted octanol–water partition coefficient (Wildman–Crippen LogP) is 14.3. The van der Waals surface area contributed by atoms with Crippen LogP contribution in [-0.2, 0) is 5.41 Å². The molecule has 3 aromatic rings. The number of hydrogen-bond acceptors (Lipinski definition) is 2. The molecule has 0 aromatic heterocycles. The first-order valence-corrected chi connectivity index (χ1v) is 24.4. The minimum absolute atomic E-state index is 0.0435. The Labute approximate surface area is 369 Å². The van der Waals surface area contributed by atoms with Gasteiger partial charge in [-0.2, -0.15) is 0 Å². The first kappa shape index (κ1) is 37.3. The largest absolute Gasteiger partial charge is 0.487 e. The molecule has 3 fully saturated rings. The molecule has 0 amide bonds. The van der Waals surface area contributed by atoms with E-state index in [4.69, 9.17) is 4.74 Å². The first-order chi connectivity index (χ1) is 30.7. The van der Waals surface area contributed by atoms with Crippen LogP contribution in [0.2, 0.25) is 0 Å². The van der Waals surface area contributed by atoms with E-state index in [1.807, 2.05) is 0 Å². The van der Waals surface area contributed by atoms with Crippen molar-refractivity contribution in [3.8, 4) is 16.9 Å². The van der Waals surface area contributed by atoms with Crippen LogP contribution in [0.3, 0.4) is 0 Å². The van der Waals surface area contributed by atoms with Gasteiger partial charge in [-0.15, -0.1) is 5.73 Å². The Hall–Kier alpha value is -5.30. The van der Waals surface area contributed by atoms with Crippen LogP contribution < -0.4 is 4.74 Å². The van der Waals surface area contributed by atoms with Crippen LogP contribution in [0.5, 0.6) is 5.75 Å². The van der Waals surface area contributed by atoms with Crippen molar-refractivity contribution >= 4 is 0 Å². The van der Waals surface area contributed by atoms with Gasteiger partial charge in [0.1, 0.15) is 11.9 Å². The van der Waals surface area contributed by atoms with E-state index >= 15 is 0 Å². The van der Waals surface area contributed by atoms with Gasteiger partial charge in [-0.25, -0.2) is 0 Å². The smallest absolute Gasteiger partial charge is 0.131 e. The maximum Gasteiger partial charge on any atom is 0.131 e. The summed E-state index contributed by atoms with van der Waals surface area (Å²) in [7, 11) is 0. The van der Waals surface area contributed by atoms with E-state index in [0.29, 0.717) is 47.5 Å². The lowest BCUT2D eigenvalue weighted by Gasteiger charge is -2.46. The van der Waals surface area contributed by atoms with Crippen LogP contribution in [0.25, 0.3) is 11.1 Å². The average Bonchev–Trinajstić information content (AvgIpc) is 3.97. The summed E-state index contributed by atoms with van der Waals surface area (Å²) in [5, 5.41) is 0. The second-order valence-electron chi connectivity index (χ2n) is 20.4. The molecule has 1 heterocycles. The van der Waals surface area contributed by atoms with Crippen LogP contribution in [-0.4, -0.2) is 17.0 Å². The molecule has 0 radical (unpaired) electrons. The van der Waals surface area contributed by atoms with Crippen molar-refractivity contribution in [2.45, 2.75) is 107 Å². The van der Waals surface area contributed by atoms with E-state index in [9.17, 15) is 0 Å². The standard InChI is InChI=1S/C60H59NO/c1-38-14-11-26-54-57(38)51-35-31-43(37-55(51)60(54)52-24-9-7-19-47(52)48-20-8-10-25-53(48)60)40-28-32-44(33-29-40)61(45-34-30-39-15-5-6-18-42(39)36-45)56-27-13-23-50-49-22-12-21-46(58(49)62-59(50)56)41-16-3-2-4-17-41/h2-10,12,15-22,24,30,32,34-35,37-38,40,42-43,48,50,54,56-57,59H,11,13-14,23,26-29,31,33,36H2,1H3. The zero-order valence-electron chi connectivity index (χ0n) is 36.3. The van der Waals surface area contributed by atoms with Crippen LogP contribution in [0.4, 0.5) is 0 Å². The van der Waals surface area contributed by atoms with Gasteiger partial charge in [0.2, 0.25) is 0 Å². The lowest BCUT2D eigenvalue weighted by Crippen LogP contribution is -2.49. The Morgan fingerprint density at radius 3 is 2.58 bits per heavy atom. The van der Waals surface area contributed by atoms with E-state index in [2.05, 4.69) is 163 Å². The lowest BCUT2D eigenvalue weighted by atomic mass is 9.61. The van der Waals surface area contributed by atoms with E-state index in [1.54, 1.807) is 28.0 Å². The van der Waals surface area contributed by atoms with Crippen molar-refractivity contribution in [1.82, 2.24) is 4.90 Å². The molecule has 1 aliphatic heterocycles. The number of fused-ring (bicyclic) bond motifs is 14. The van der Waals surface area contributed by atoms with Gasteiger partial charge < -0.3 is 9.64 Å². The summed E-state index contributed by atoms with van der Waals surface area (Å²) in [6.07, 6.45) is 42.8. The number of benzene rings is 3. The van der Waals surface area contributed by atoms with Crippen LogP contribution in [0.1, 0.15) is 106 Å². The molecule has 2 nitrogen and oxygen atoms in total. The summed E-state index contributed by atoms with van der Waals surface area (Å²) in [6.45, 7) is 2.56. The van der Waals surface area contributed by atoms with Crippen molar-refractivity contribution in [1.29, 1.82) is 0 Å². The molecule has 9 aliphatic carbocycles. The van der Waals surface area contributed by atoms with Crippen LogP contribution >= 0.6 is 0 Å². The Bertz CT molecular complexity index is 2670. The Morgan fingerprint density at radius 1 is 0.774 bits per heavy atom. The summed E-state index contributed by atoms with van der Waals surface area (Å²) < 4.78 is 7.33. The number of allylic oxidation sites excluding steroid dienone is 17. The number of hydrogen-bond donors (Lipinski definition) is 0.